The molecule has 0 radical (unpaired) electrons. The quantitative estimate of drug-likeness (QED) is 0.478. The summed E-state index contributed by atoms with van der Waals surface area (Å²) in [6.45, 7) is 0. The zero-order valence-electron chi connectivity index (χ0n) is 14.6. The number of hydrogen-bond acceptors (Lipinski definition) is 6. The van der Waals surface area contributed by atoms with Crippen molar-refractivity contribution in [2.24, 2.45) is 12.2 Å². The minimum absolute atomic E-state index is 0.0646. The van der Waals surface area contributed by atoms with Crippen molar-refractivity contribution in [3.63, 3.8) is 0 Å². The minimum Gasteiger partial charge on any atom is -0.366 e. The van der Waals surface area contributed by atoms with Gasteiger partial charge in [0.05, 0.1) is 9.82 Å². The number of aryl methyl sites for hydroxylation is 1. The first-order valence-corrected chi connectivity index (χ1v) is 9.52. The van der Waals surface area contributed by atoms with E-state index in [0.717, 1.165) is 6.07 Å². The van der Waals surface area contributed by atoms with Crippen molar-refractivity contribution in [2.75, 3.05) is 5.32 Å². The summed E-state index contributed by atoms with van der Waals surface area (Å²) in [5.41, 5.74) is 0.211. The Morgan fingerprint density at radius 3 is 2.46 bits per heavy atom. The summed E-state index contributed by atoms with van der Waals surface area (Å²) in [5, 5.41) is 19.5. The van der Waals surface area contributed by atoms with Crippen molar-refractivity contribution in [2.45, 2.75) is 10.9 Å². The highest BCUT2D eigenvalue weighted by Gasteiger charge is 2.24. The fraction of sp³-hybridized carbons (Fsp3) is 0.118. The number of imidazole rings is 1. The van der Waals surface area contributed by atoms with E-state index in [2.05, 4.69) is 10.3 Å². The van der Waals surface area contributed by atoms with Crippen molar-refractivity contribution in [3.8, 4) is 0 Å². The molecule has 9 nitrogen and oxygen atoms in total. The molecule has 1 atom stereocenters. The Bertz CT molecular complexity index is 1130. The lowest BCUT2D eigenvalue weighted by Gasteiger charge is -2.20. The number of nitrogens with zero attached hydrogens (tertiary/aromatic N) is 3. The van der Waals surface area contributed by atoms with Crippen LogP contribution in [0.5, 0.6) is 0 Å². The van der Waals surface area contributed by atoms with E-state index in [1.807, 2.05) is 0 Å². The van der Waals surface area contributed by atoms with Gasteiger partial charge in [0.15, 0.2) is 0 Å². The van der Waals surface area contributed by atoms with Crippen LogP contribution >= 0.6 is 0 Å². The van der Waals surface area contributed by atoms with Crippen LogP contribution in [0.25, 0.3) is 0 Å². The van der Waals surface area contributed by atoms with Crippen LogP contribution in [0.4, 0.5) is 15.8 Å². The van der Waals surface area contributed by atoms with E-state index in [9.17, 15) is 22.9 Å². The van der Waals surface area contributed by atoms with Gasteiger partial charge in [-0.1, -0.05) is 12.1 Å². The van der Waals surface area contributed by atoms with Gasteiger partial charge in [-0.2, -0.15) is 0 Å². The summed E-state index contributed by atoms with van der Waals surface area (Å²) in [6, 6.07) is 8.27. The van der Waals surface area contributed by atoms with Gasteiger partial charge in [0.1, 0.15) is 23.4 Å². The Labute approximate surface area is 159 Å². The van der Waals surface area contributed by atoms with Crippen molar-refractivity contribution in [1.82, 2.24) is 9.55 Å². The molecule has 1 heterocycles. The lowest BCUT2D eigenvalue weighted by molar-refractivity contribution is -0.384. The molecule has 2 aromatic carbocycles. The molecule has 0 saturated heterocycles. The van der Waals surface area contributed by atoms with E-state index >= 15 is 0 Å². The maximum Gasteiger partial charge on any atom is 0.293 e. The molecule has 3 N–H and O–H groups in total. The smallest absolute Gasteiger partial charge is 0.293 e. The van der Waals surface area contributed by atoms with E-state index in [-0.39, 0.29) is 10.6 Å². The number of nitrogens with two attached hydrogens (primary N) is 1. The van der Waals surface area contributed by atoms with Crippen molar-refractivity contribution >= 4 is 21.4 Å². The predicted molar refractivity (Wildman–Crippen MR) is 99.5 cm³/mol. The van der Waals surface area contributed by atoms with Crippen LogP contribution in [0.3, 0.4) is 0 Å². The maximum absolute atomic E-state index is 13.3. The van der Waals surface area contributed by atoms with E-state index in [0.29, 0.717) is 11.4 Å². The molecule has 146 valence electrons. The molecule has 11 heteroatoms. The molecule has 0 amide bonds. The number of sulfonamides is 1. The van der Waals surface area contributed by atoms with Crippen LogP contribution in [0.15, 0.2) is 59.8 Å². The Balaban J connectivity index is 2.10. The molecule has 3 aromatic rings. The molecule has 0 saturated carbocycles. The lowest BCUT2D eigenvalue weighted by Crippen LogP contribution is -2.18. The highest BCUT2D eigenvalue weighted by Crippen LogP contribution is 2.32. The second kappa shape index (κ2) is 7.37. The third kappa shape index (κ3) is 4.00. The molecule has 0 aliphatic carbocycles. The van der Waals surface area contributed by atoms with Gasteiger partial charge in [0, 0.05) is 25.5 Å². The number of aromatic nitrogens is 2. The van der Waals surface area contributed by atoms with Crippen molar-refractivity contribution in [1.29, 1.82) is 0 Å². The van der Waals surface area contributed by atoms with E-state index in [1.54, 1.807) is 24.0 Å². The molecule has 0 aliphatic rings. The third-order valence-corrected chi connectivity index (χ3v) is 5.03. The zero-order chi connectivity index (χ0) is 20.5. The first-order chi connectivity index (χ1) is 13.2. The van der Waals surface area contributed by atoms with Crippen LogP contribution in [0.1, 0.15) is 17.4 Å². The predicted octanol–water partition coefficient (Wildman–Crippen LogP) is 2.32. The first-order valence-electron chi connectivity index (χ1n) is 7.97. The van der Waals surface area contributed by atoms with E-state index in [4.69, 9.17) is 5.14 Å². The number of nitro benzene ring substituents is 1. The number of hydrogen-bond donors (Lipinski definition) is 2. The normalized spacial score (nSPS) is 12.5. The van der Waals surface area contributed by atoms with Crippen LogP contribution in [0, 0.1) is 15.9 Å². The summed E-state index contributed by atoms with van der Waals surface area (Å²) in [7, 11) is -2.35. The summed E-state index contributed by atoms with van der Waals surface area (Å²) in [5.74, 6) is 0.0993. The SMILES string of the molecule is Cn1ccnc1[C@H](Nc1ccc(S(N)(=O)=O)cc1[N+](=O)[O-])c1ccc(F)cc1. The summed E-state index contributed by atoms with van der Waals surface area (Å²) in [6.07, 6.45) is 3.26. The molecule has 28 heavy (non-hydrogen) atoms. The van der Waals surface area contributed by atoms with E-state index < -0.39 is 32.5 Å². The Hall–Kier alpha value is -3.31. The molecular weight excluding hydrogens is 389 g/mol. The van der Waals surface area contributed by atoms with Crippen LogP contribution in [-0.2, 0) is 17.1 Å². The molecule has 3 rings (SSSR count). The highest BCUT2D eigenvalue weighted by atomic mass is 32.2. The third-order valence-electron chi connectivity index (χ3n) is 4.11. The molecule has 0 bridgehead atoms. The maximum atomic E-state index is 13.3. The fourth-order valence-corrected chi connectivity index (χ4v) is 3.26. The second-order valence-corrected chi connectivity index (χ2v) is 7.57. The molecule has 0 spiro atoms. The molecule has 0 aliphatic heterocycles. The first kappa shape index (κ1) is 19.5. The molecular formula is C17H16FN5O4S. The van der Waals surface area contributed by atoms with Crippen molar-refractivity contribution < 1.29 is 17.7 Å². The topological polar surface area (TPSA) is 133 Å². The van der Waals surface area contributed by atoms with E-state index in [1.165, 1.54) is 36.4 Å². The van der Waals surface area contributed by atoms with Gasteiger partial charge in [0.25, 0.3) is 5.69 Å². The van der Waals surface area contributed by atoms with Gasteiger partial charge in [0.2, 0.25) is 10.0 Å². The van der Waals surface area contributed by atoms with Crippen LogP contribution in [-0.4, -0.2) is 22.9 Å². The number of primary sulfonamides is 1. The fourth-order valence-electron chi connectivity index (χ4n) is 2.72. The zero-order valence-corrected chi connectivity index (χ0v) is 15.4. The number of benzene rings is 2. The largest absolute Gasteiger partial charge is 0.366 e. The number of rotatable bonds is 6. The summed E-state index contributed by atoms with van der Waals surface area (Å²) in [4.78, 5) is 14.7. The Morgan fingerprint density at radius 1 is 1.25 bits per heavy atom. The van der Waals surface area contributed by atoms with Crippen LogP contribution < -0.4 is 10.5 Å². The monoisotopic (exact) mass is 405 g/mol. The second-order valence-electron chi connectivity index (χ2n) is 6.01. The summed E-state index contributed by atoms with van der Waals surface area (Å²) >= 11 is 0. The number of anilines is 1. The molecule has 0 unspecified atom stereocenters. The van der Waals surface area contributed by atoms with Crippen LogP contribution in [0.2, 0.25) is 0 Å². The molecule has 0 fully saturated rings. The van der Waals surface area contributed by atoms with Crippen molar-refractivity contribution in [3.05, 3.63) is 82.2 Å². The van der Waals surface area contributed by atoms with Gasteiger partial charge in [-0.15, -0.1) is 0 Å². The average molecular weight is 405 g/mol. The van der Waals surface area contributed by atoms with Gasteiger partial charge >= 0.3 is 0 Å². The van der Waals surface area contributed by atoms with Gasteiger partial charge < -0.3 is 9.88 Å². The Kier molecular flexibility index (Phi) is 5.12. The highest BCUT2D eigenvalue weighted by molar-refractivity contribution is 7.89. The van der Waals surface area contributed by atoms with Gasteiger partial charge in [-0.3, -0.25) is 10.1 Å². The number of halogens is 1. The van der Waals surface area contributed by atoms with Gasteiger partial charge in [-0.25, -0.2) is 22.9 Å². The van der Waals surface area contributed by atoms with Gasteiger partial charge in [-0.05, 0) is 29.8 Å². The number of nitrogens with one attached hydrogen (secondary N) is 1. The summed E-state index contributed by atoms with van der Waals surface area (Å²) < 4.78 is 38.1. The number of nitro groups is 1. The standard InChI is InChI=1S/C17H16FN5O4S/c1-22-9-8-20-17(22)16(11-2-4-12(18)5-3-11)21-14-7-6-13(28(19,26)27)10-15(14)23(24)25/h2-10,16,21H,1H3,(H2,19,26,27)/t16-/m1/s1. The Morgan fingerprint density at radius 2 is 1.93 bits per heavy atom. The molecule has 1 aromatic heterocycles. The lowest BCUT2D eigenvalue weighted by atomic mass is 10.1. The minimum atomic E-state index is -4.10. The average Bonchev–Trinajstić information content (AvgIpc) is 3.05.